The monoisotopic (exact) mass is 324 g/mol. The van der Waals surface area contributed by atoms with Gasteiger partial charge >= 0.3 is 0 Å². The minimum atomic E-state index is 0.673. The molecule has 0 radical (unpaired) electrons. The molecule has 126 valence electrons. The van der Waals surface area contributed by atoms with Crippen LogP contribution in [0.1, 0.15) is 71.0 Å². The molecule has 0 unspecified atom stereocenters. The number of thiocarbonyl (C=S) groups is 1. The zero-order chi connectivity index (χ0) is 16.0. The van der Waals surface area contributed by atoms with Gasteiger partial charge < -0.3 is 14.6 Å². The van der Waals surface area contributed by atoms with E-state index in [9.17, 15) is 0 Å². The molecule has 1 heterocycles. The molecule has 1 N–H and O–H groups in total. The van der Waals surface area contributed by atoms with Crippen molar-refractivity contribution in [2.24, 2.45) is 0 Å². The third kappa shape index (κ3) is 8.42. The predicted octanol–water partition coefficient (Wildman–Crippen LogP) is 5.12. The highest BCUT2D eigenvalue weighted by Gasteiger charge is 2.09. The van der Waals surface area contributed by atoms with Crippen LogP contribution in [-0.2, 0) is 6.54 Å². The topological polar surface area (TPSA) is 28.4 Å². The van der Waals surface area contributed by atoms with Crippen molar-refractivity contribution in [2.45, 2.75) is 71.8 Å². The molecule has 1 rings (SSSR count). The summed E-state index contributed by atoms with van der Waals surface area (Å²) in [5.41, 5.74) is 0. The lowest BCUT2D eigenvalue weighted by Gasteiger charge is -2.26. The third-order valence-electron chi connectivity index (χ3n) is 3.84. The number of rotatable bonds is 12. The van der Waals surface area contributed by atoms with Crippen LogP contribution in [0.3, 0.4) is 0 Å². The van der Waals surface area contributed by atoms with Crippen LogP contribution in [0.25, 0.3) is 0 Å². The van der Waals surface area contributed by atoms with E-state index in [-0.39, 0.29) is 0 Å². The van der Waals surface area contributed by atoms with E-state index in [0.29, 0.717) is 6.54 Å². The van der Waals surface area contributed by atoms with E-state index in [4.69, 9.17) is 16.6 Å². The van der Waals surface area contributed by atoms with Gasteiger partial charge in [0, 0.05) is 13.1 Å². The van der Waals surface area contributed by atoms with Crippen molar-refractivity contribution in [3.05, 3.63) is 24.2 Å². The lowest BCUT2D eigenvalue weighted by molar-refractivity contribution is 0.378. The fourth-order valence-electron chi connectivity index (χ4n) is 2.46. The third-order valence-corrected chi connectivity index (χ3v) is 4.25. The molecule has 0 bridgehead atoms. The Morgan fingerprint density at radius 2 is 1.68 bits per heavy atom. The molecule has 0 aliphatic rings. The number of nitrogens with zero attached hydrogens (tertiary/aromatic N) is 1. The lowest BCUT2D eigenvalue weighted by atomic mass is 10.2. The number of furan rings is 1. The summed E-state index contributed by atoms with van der Waals surface area (Å²) in [6.45, 7) is 7.30. The van der Waals surface area contributed by atoms with Crippen molar-refractivity contribution in [1.29, 1.82) is 0 Å². The summed E-state index contributed by atoms with van der Waals surface area (Å²) in [7, 11) is 0. The second-order valence-electron chi connectivity index (χ2n) is 5.85. The first kappa shape index (κ1) is 19.0. The number of hydrogen-bond donors (Lipinski definition) is 1. The van der Waals surface area contributed by atoms with Crippen LogP contribution in [0.15, 0.2) is 22.8 Å². The van der Waals surface area contributed by atoms with Crippen molar-refractivity contribution < 1.29 is 4.42 Å². The van der Waals surface area contributed by atoms with Crippen LogP contribution in [0.5, 0.6) is 0 Å². The van der Waals surface area contributed by atoms with Gasteiger partial charge in [0.2, 0.25) is 0 Å². The molecule has 22 heavy (non-hydrogen) atoms. The average molecular weight is 325 g/mol. The van der Waals surface area contributed by atoms with E-state index in [1.165, 1.54) is 51.4 Å². The van der Waals surface area contributed by atoms with Crippen LogP contribution in [0.2, 0.25) is 0 Å². The van der Waals surface area contributed by atoms with Gasteiger partial charge in [-0.05, 0) is 37.2 Å². The summed E-state index contributed by atoms with van der Waals surface area (Å²) < 4.78 is 5.35. The first-order valence-corrected chi connectivity index (χ1v) is 9.23. The van der Waals surface area contributed by atoms with E-state index in [1.54, 1.807) is 6.26 Å². The Kier molecular flexibility index (Phi) is 10.8. The molecule has 0 aliphatic heterocycles. The molecule has 0 aliphatic carbocycles. The molecule has 0 spiro atoms. The van der Waals surface area contributed by atoms with E-state index in [2.05, 4.69) is 24.1 Å². The quantitative estimate of drug-likeness (QED) is 0.427. The predicted molar refractivity (Wildman–Crippen MR) is 98.0 cm³/mol. The van der Waals surface area contributed by atoms with Crippen molar-refractivity contribution in [2.75, 3.05) is 13.1 Å². The molecule has 1 aromatic heterocycles. The van der Waals surface area contributed by atoms with E-state index < -0.39 is 0 Å². The van der Waals surface area contributed by atoms with Gasteiger partial charge in [-0.2, -0.15) is 0 Å². The summed E-state index contributed by atoms with van der Waals surface area (Å²) in [6, 6.07) is 3.88. The second-order valence-corrected chi connectivity index (χ2v) is 6.23. The first-order valence-electron chi connectivity index (χ1n) is 8.83. The summed E-state index contributed by atoms with van der Waals surface area (Å²) in [4.78, 5) is 2.34. The minimum absolute atomic E-state index is 0.673. The number of nitrogens with one attached hydrogen (secondary N) is 1. The molecule has 1 aromatic rings. The maximum absolute atomic E-state index is 5.58. The van der Waals surface area contributed by atoms with Gasteiger partial charge in [0.25, 0.3) is 0 Å². The molecule has 4 heteroatoms. The Hall–Kier alpha value is -1.03. The molecular weight excluding hydrogens is 292 g/mol. The highest BCUT2D eigenvalue weighted by molar-refractivity contribution is 7.80. The zero-order valence-electron chi connectivity index (χ0n) is 14.3. The fourth-order valence-corrected chi connectivity index (χ4v) is 2.72. The largest absolute Gasteiger partial charge is 0.467 e. The Morgan fingerprint density at radius 3 is 2.18 bits per heavy atom. The lowest BCUT2D eigenvalue weighted by Crippen LogP contribution is -2.40. The van der Waals surface area contributed by atoms with Crippen LogP contribution >= 0.6 is 12.2 Å². The SMILES string of the molecule is CCCCCCN(CCCCCC)C(=S)NCc1ccco1. The van der Waals surface area contributed by atoms with E-state index in [0.717, 1.165) is 24.0 Å². The smallest absolute Gasteiger partial charge is 0.169 e. The Morgan fingerprint density at radius 1 is 1.05 bits per heavy atom. The maximum atomic E-state index is 5.58. The second kappa shape index (κ2) is 12.5. The van der Waals surface area contributed by atoms with Crippen LogP contribution in [0, 0.1) is 0 Å². The molecule has 3 nitrogen and oxygen atoms in total. The van der Waals surface area contributed by atoms with Gasteiger partial charge in [0.05, 0.1) is 12.8 Å². The molecule has 0 fully saturated rings. The average Bonchev–Trinajstić information content (AvgIpc) is 3.04. The standard InChI is InChI=1S/C18H32N2OS/c1-3-5-7-9-13-20(14-10-8-6-4-2)18(22)19-16-17-12-11-15-21-17/h11-12,15H,3-10,13-14,16H2,1-2H3,(H,19,22). The van der Waals surface area contributed by atoms with Gasteiger partial charge in [-0.3, -0.25) is 0 Å². The molecule has 0 saturated heterocycles. The Bertz CT molecular complexity index is 366. The maximum Gasteiger partial charge on any atom is 0.169 e. The van der Waals surface area contributed by atoms with Gasteiger partial charge in [0.15, 0.2) is 5.11 Å². The molecule has 0 saturated carbocycles. The highest BCUT2D eigenvalue weighted by Crippen LogP contribution is 2.07. The highest BCUT2D eigenvalue weighted by atomic mass is 32.1. The van der Waals surface area contributed by atoms with Gasteiger partial charge in [-0.15, -0.1) is 0 Å². The van der Waals surface area contributed by atoms with Crippen molar-refractivity contribution in [1.82, 2.24) is 10.2 Å². The van der Waals surface area contributed by atoms with Gasteiger partial charge in [-0.25, -0.2) is 0 Å². The van der Waals surface area contributed by atoms with Gasteiger partial charge in [0.1, 0.15) is 5.76 Å². The minimum Gasteiger partial charge on any atom is -0.467 e. The Labute approximate surface area is 141 Å². The molecule has 0 aromatic carbocycles. The van der Waals surface area contributed by atoms with Gasteiger partial charge in [-0.1, -0.05) is 52.4 Å². The van der Waals surface area contributed by atoms with Crippen molar-refractivity contribution >= 4 is 17.3 Å². The summed E-state index contributed by atoms with van der Waals surface area (Å²) in [6.07, 6.45) is 11.9. The molecule has 0 atom stereocenters. The summed E-state index contributed by atoms with van der Waals surface area (Å²) >= 11 is 5.58. The normalized spacial score (nSPS) is 10.6. The van der Waals surface area contributed by atoms with Crippen molar-refractivity contribution in [3.63, 3.8) is 0 Å². The van der Waals surface area contributed by atoms with E-state index >= 15 is 0 Å². The molecular formula is C18H32N2OS. The van der Waals surface area contributed by atoms with Crippen LogP contribution < -0.4 is 5.32 Å². The number of hydrogen-bond acceptors (Lipinski definition) is 2. The molecule has 0 amide bonds. The van der Waals surface area contributed by atoms with Crippen LogP contribution in [0.4, 0.5) is 0 Å². The van der Waals surface area contributed by atoms with Crippen molar-refractivity contribution in [3.8, 4) is 0 Å². The van der Waals surface area contributed by atoms with Crippen LogP contribution in [-0.4, -0.2) is 23.1 Å². The number of unbranched alkanes of at least 4 members (excludes halogenated alkanes) is 6. The van der Waals surface area contributed by atoms with E-state index in [1.807, 2.05) is 12.1 Å². The Balaban J connectivity index is 2.34. The summed E-state index contributed by atoms with van der Waals surface area (Å²) in [5, 5.41) is 4.20. The summed E-state index contributed by atoms with van der Waals surface area (Å²) in [5.74, 6) is 0.930. The first-order chi connectivity index (χ1) is 10.8. The fraction of sp³-hybridized carbons (Fsp3) is 0.722. The zero-order valence-corrected chi connectivity index (χ0v) is 15.1.